The van der Waals surface area contributed by atoms with Gasteiger partial charge in [-0.2, -0.15) is 0 Å². The van der Waals surface area contributed by atoms with Crippen molar-refractivity contribution in [3.05, 3.63) is 29.3 Å². The van der Waals surface area contributed by atoms with Gasteiger partial charge in [0.2, 0.25) is 0 Å². The van der Waals surface area contributed by atoms with Gasteiger partial charge in [0.05, 0.1) is 0 Å². The molecule has 21 heavy (non-hydrogen) atoms. The van der Waals surface area contributed by atoms with E-state index < -0.39 is 0 Å². The molecule has 0 radical (unpaired) electrons. The Balaban J connectivity index is 1.67. The molecule has 0 unspecified atom stereocenters. The van der Waals surface area contributed by atoms with Crippen LogP contribution in [-0.2, 0) is 13.0 Å². The molecule has 2 aliphatic rings. The van der Waals surface area contributed by atoms with E-state index in [0.29, 0.717) is 16.9 Å². The van der Waals surface area contributed by atoms with Crippen LogP contribution in [0.3, 0.4) is 0 Å². The first-order valence-electron chi connectivity index (χ1n) is 8.43. The number of hydrogen-bond acceptors (Lipinski definition) is 2. The van der Waals surface area contributed by atoms with Crippen molar-refractivity contribution in [2.24, 2.45) is 10.8 Å². The molecule has 0 atom stereocenters. The maximum Gasteiger partial charge on any atom is 0.0419 e. The van der Waals surface area contributed by atoms with Crippen molar-refractivity contribution in [2.45, 2.75) is 66.0 Å². The van der Waals surface area contributed by atoms with Gasteiger partial charge in [-0.05, 0) is 47.6 Å². The summed E-state index contributed by atoms with van der Waals surface area (Å²) in [4.78, 5) is 0. The third-order valence-corrected chi connectivity index (χ3v) is 5.07. The van der Waals surface area contributed by atoms with E-state index in [4.69, 9.17) is 0 Å². The first-order valence-corrected chi connectivity index (χ1v) is 8.43. The quantitative estimate of drug-likeness (QED) is 0.863. The lowest BCUT2D eigenvalue weighted by atomic mass is 9.63. The molecular formula is C19H30N2. The summed E-state index contributed by atoms with van der Waals surface area (Å²) in [6, 6.07) is 7.37. The fourth-order valence-electron chi connectivity index (χ4n) is 4.80. The normalized spacial score (nSPS) is 23.6. The van der Waals surface area contributed by atoms with Gasteiger partial charge in [0.15, 0.2) is 0 Å². The Labute approximate surface area is 129 Å². The number of hydrogen-bond donors (Lipinski definition) is 2. The van der Waals surface area contributed by atoms with Crippen molar-refractivity contribution in [3.8, 4) is 0 Å². The standard InChI is InChI=1S/C19H30N2/c1-18(2)10-16(11-19(3,4)13-18)21-12-15-7-5-6-14-8-9-20-17(14)15/h5-7,16,20-21H,8-13H2,1-4H3. The lowest BCUT2D eigenvalue weighted by Gasteiger charge is -2.45. The highest BCUT2D eigenvalue weighted by molar-refractivity contribution is 5.61. The van der Waals surface area contributed by atoms with Crippen LogP contribution in [-0.4, -0.2) is 12.6 Å². The van der Waals surface area contributed by atoms with Gasteiger partial charge in [-0.3, -0.25) is 0 Å². The molecule has 1 aromatic rings. The summed E-state index contributed by atoms with van der Waals surface area (Å²) < 4.78 is 0. The van der Waals surface area contributed by atoms with Crippen LogP contribution in [0.5, 0.6) is 0 Å². The zero-order valence-electron chi connectivity index (χ0n) is 14.1. The summed E-state index contributed by atoms with van der Waals surface area (Å²) in [5.74, 6) is 0. The van der Waals surface area contributed by atoms with E-state index in [1.165, 1.54) is 42.5 Å². The number of rotatable bonds is 3. The highest BCUT2D eigenvalue weighted by Gasteiger charge is 2.38. The minimum absolute atomic E-state index is 0.455. The molecule has 3 rings (SSSR count). The minimum atomic E-state index is 0.455. The monoisotopic (exact) mass is 286 g/mol. The Morgan fingerprint density at radius 1 is 1.14 bits per heavy atom. The molecule has 1 fully saturated rings. The Kier molecular flexibility index (Phi) is 3.77. The second-order valence-electron chi connectivity index (χ2n) is 8.62. The molecular weight excluding hydrogens is 256 g/mol. The summed E-state index contributed by atoms with van der Waals surface area (Å²) in [7, 11) is 0. The summed E-state index contributed by atoms with van der Waals surface area (Å²) in [5, 5.41) is 7.39. The maximum absolute atomic E-state index is 3.84. The molecule has 2 nitrogen and oxygen atoms in total. The molecule has 0 saturated heterocycles. The molecule has 1 aromatic carbocycles. The molecule has 0 bridgehead atoms. The topological polar surface area (TPSA) is 24.1 Å². The van der Waals surface area contributed by atoms with Crippen LogP contribution in [0.25, 0.3) is 0 Å². The maximum atomic E-state index is 3.84. The van der Waals surface area contributed by atoms with Crippen LogP contribution < -0.4 is 10.6 Å². The number of fused-ring (bicyclic) bond motifs is 1. The molecule has 2 heteroatoms. The van der Waals surface area contributed by atoms with Gasteiger partial charge < -0.3 is 10.6 Å². The van der Waals surface area contributed by atoms with Crippen LogP contribution >= 0.6 is 0 Å². The van der Waals surface area contributed by atoms with Gasteiger partial charge >= 0.3 is 0 Å². The van der Waals surface area contributed by atoms with Crippen molar-refractivity contribution in [2.75, 3.05) is 11.9 Å². The molecule has 0 spiro atoms. The van der Waals surface area contributed by atoms with E-state index in [0.717, 1.165) is 13.1 Å². The first kappa shape index (κ1) is 14.9. The third kappa shape index (κ3) is 3.42. The first-order chi connectivity index (χ1) is 9.85. The average Bonchev–Trinajstić information content (AvgIpc) is 2.81. The second-order valence-corrected chi connectivity index (χ2v) is 8.62. The van der Waals surface area contributed by atoms with E-state index >= 15 is 0 Å². The van der Waals surface area contributed by atoms with Crippen LogP contribution in [0.1, 0.15) is 58.1 Å². The molecule has 0 amide bonds. The lowest BCUT2D eigenvalue weighted by Crippen LogP contribution is -2.43. The molecule has 1 heterocycles. The number of para-hydroxylation sites is 1. The smallest absolute Gasteiger partial charge is 0.0419 e. The van der Waals surface area contributed by atoms with Crippen molar-refractivity contribution < 1.29 is 0 Å². The molecule has 116 valence electrons. The summed E-state index contributed by atoms with van der Waals surface area (Å²) in [6.07, 6.45) is 5.09. The predicted octanol–water partition coefficient (Wildman–Crippen LogP) is 4.35. The minimum Gasteiger partial charge on any atom is -0.384 e. The van der Waals surface area contributed by atoms with Crippen molar-refractivity contribution in [3.63, 3.8) is 0 Å². The molecule has 1 saturated carbocycles. The largest absolute Gasteiger partial charge is 0.384 e. The van der Waals surface area contributed by atoms with Crippen LogP contribution in [0.4, 0.5) is 5.69 Å². The Hall–Kier alpha value is -1.02. The van der Waals surface area contributed by atoms with Gasteiger partial charge in [0.25, 0.3) is 0 Å². The summed E-state index contributed by atoms with van der Waals surface area (Å²) in [5.41, 5.74) is 5.22. The fourth-order valence-corrected chi connectivity index (χ4v) is 4.80. The Morgan fingerprint density at radius 2 is 1.86 bits per heavy atom. The predicted molar refractivity (Wildman–Crippen MR) is 90.7 cm³/mol. The molecule has 1 aliphatic heterocycles. The van der Waals surface area contributed by atoms with Gasteiger partial charge in [0, 0.05) is 24.8 Å². The second kappa shape index (κ2) is 5.31. The van der Waals surface area contributed by atoms with Crippen LogP contribution in [0.15, 0.2) is 18.2 Å². The van der Waals surface area contributed by atoms with E-state index in [2.05, 4.69) is 56.5 Å². The lowest BCUT2D eigenvalue weighted by molar-refractivity contribution is 0.0845. The van der Waals surface area contributed by atoms with Gasteiger partial charge in [0.1, 0.15) is 0 Å². The number of benzene rings is 1. The highest BCUT2D eigenvalue weighted by Crippen LogP contribution is 2.45. The van der Waals surface area contributed by atoms with E-state index in [-0.39, 0.29) is 0 Å². The van der Waals surface area contributed by atoms with Gasteiger partial charge in [-0.1, -0.05) is 45.9 Å². The Morgan fingerprint density at radius 3 is 2.57 bits per heavy atom. The van der Waals surface area contributed by atoms with E-state index in [9.17, 15) is 0 Å². The number of nitrogens with one attached hydrogen (secondary N) is 2. The van der Waals surface area contributed by atoms with Gasteiger partial charge in [-0.25, -0.2) is 0 Å². The molecule has 0 aromatic heterocycles. The van der Waals surface area contributed by atoms with E-state index in [1.54, 1.807) is 0 Å². The zero-order chi connectivity index (χ0) is 15.1. The van der Waals surface area contributed by atoms with Crippen LogP contribution in [0, 0.1) is 10.8 Å². The van der Waals surface area contributed by atoms with Crippen molar-refractivity contribution >= 4 is 5.69 Å². The number of anilines is 1. The fraction of sp³-hybridized carbons (Fsp3) is 0.684. The van der Waals surface area contributed by atoms with Crippen molar-refractivity contribution in [1.29, 1.82) is 0 Å². The zero-order valence-corrected chi connectivity index (χ0v) is 14.1. The summed E-state index contributed by atoms with van der Waals surface area (Å²) >= 11 is 0. The Bertz CT molecular complexity index is 500. The summed E-state index contributed by atoms with van der Waals surface area (Å²) in [6.45, 7) is 11.8. The SMILES string of the molecule is CC1(C)CC(NCc2cccc3c2NCC3)CC(C)(C)C1. The molecule has 1 aliphatic carbocycles. The van der Waals surface area contributed by atoms with Crippen LogP contribution in [0.2, 0.25) is 0 Å². The third-order valence-electron chi connectivity index (χ3n) is 5.07. The average molecular weight is 286 g/mol. The van der Waals surface area contributed by atoms with Gasteiger partial charge in [-0.15, -0.1) is 0 Å². The van der Waals surface area contributed by atoms with E-state index in [1.807, 2.05) is 0 Å². The van der Waals surface area contributed by atoms with Crippen molar-refractivity contribution in [1.82, 2.24) is 5.32 Å². The molecule has 2 N–H and O–H groups in total. The highest BCUT2D eigenvalue weighted by atomic mass is 14.9.